The van der Waals surface area contributed by atoms with Crippen LogP contribution in [0, 0.1) is 0 Å². The molecular weight excluding hydrogens is 544 g/mol. The maximum atomic E-state index is 12.7. The Balaban J connectivity index is 1.54. The molecule has 4 rings (SSSR count). The second-order valence-corrected chi connectivity index (χ2v) is 10.3. The average Bonchev–Trinajstić information content (AvgIpc) is 3.40. The summed E-state index contributed by atoms with van der Waals surface area (Å²) in [7, 11) is 1.31. The van der Waals surface area contributed by atoms with Crippen LogP contribution < -0.4 is 0 Å². The number of methoxy groups -OCH3 is 1. The number of esters is 2. The molecule has 0 radical (unpaired) electrons. The second kappa shape index (κ2) is 15.5. The van der Waals surface area contributed by atoms with Gasteiger partial charge in [0.25, 0.3) is 0 Å². The Morgan fingerprint density at radius 1 is 0.953 bits per heavy atom. The summed E-state index contributed by atoms with van der Waals surface area (Å²) < 4.78 is 10.4. The number of aliphatic hydroxyl groups excluding tert-OH is 1. The van der Waals surface area contributed by atoms with Crippen LogP contribution in [0.5, 0.6) is 0 Å². The zero-order chi connectivity index (χ0) is 30.6. The highest BCUT2D eigenvalue weighted by atomic mass is 16.5. The minimum absolute atomic E-state index is 0.0498. The number of carbonyl (C=O) groups is 3. The molecule has 0 aliphatic rings. The van der Waals surface area contributed by atoms with E-state index in [-0.39, 0.29) is 25.0 Å². The van der Waals surface area contributed by atoms with Crippen LogP contribution in [-0.2, 0) is 32.0 Å². The van der Waals surface area contributed by atoms with Gasteiger partial charge in [-0.25, -0.2) is 4.79 Å². The van der Waals surface area contributed by atoms with Gasteiger partial charge in [-0.15, -0.1) is 0 Å². The van der Waals surface area contributed by atoms with Gasteiger partial charge in [0.2, 0.25) is 0 Å². The number of rotatable bonds is 15. The molecule has 0 aliphatic carbocycles. The van der Waals surface area contributed by atoms with Gasteiger partial charge in [0, 0.05) is 41.5 Å². The van der Waals surface area contributed by atoms with Crippen LogP contribution in [0.3, 0.4) is 0 Å². The number of fused-ring (bicyclic) bond motifs is 1. The lowest BCUT2D eigenvalue weighted by atomic mass is 9.98. The van der Waals surface area contributed by atoms with Crippen LogP contribution in [0.1, 0.15) is 52.9 Å². The van der Waals surface area contributed by atoms with E-state index in [1.165, 1.54) is 7.11 Å². The van der Waals surface area contributed by atoms with Gasteiger partial charge in [-0.05, 0) is 55.5 Å². The molecule has 0 amide bonds. The molecule has 0 bridgehead atoms. The third kappa shape index (κ3) is 8.42. The third-order valence-corrected chi connectivity index (χ3v) is 7.36. The van der Waals surface area contributed by atoms with Gasteiger partial charge in [0.1, 0.15) is 5.92 Å². The van der Waals surface area contributed by atoms with Crippen LogP contribution in [0.2, 0.25) is 0 Å². The maximum Gasteiger partial charge on any atom is 0.338 e. The number of nitrogens with one attached hydrogen (secondary N) is 1. The lowest BCUT2D eigenvalue weighted by Gasteiger charge is -2.23. The number of hydrogen-bond donors (Lipinski definition) is 2. The number of carbonyl (C=O) groups excluding carboxylic acids is 3. The third-order valence-electron chi connectivity index (χ3n) is 7.36. The van der Waals surface area contributed by atoms with E-state index in [0.717, 1.165) is 22.0 Å². The second-order valence-electron chi connectivity index (χ2n) is 10.3. The Morgan fingerprint density at radius 2 is 1.63 bits per heavy atom. The molecule has 43 heavy (non-hydrogen) atoms. The number of aromatic nitrogens is 1. The van der Waals surface area contributed by atoms with Gasteiger partial charge in [0.15, 0.2) is 5.78 Å². The number of H-pyrrole nitrogens is 1. The summed E-state index contributed by atoms with van der Waals surface area (Å²) in [5.74, 6) is -1.78. The fourth-order valence-electron chi connectivity index (χ4n) is 5.11. The maximum absolute atomic E-state index is 12.7. The molecule has 1 aromatic heterocycles. The van der Waals surface area contributed by atoms with Crippen molar-refractivity contribution >= 4 is 28.6 Å². The number of nitrogens with zero attached hydrogens (tertiary/aromatic N) is 1. The first-order chi connectivity index (χ1) is 20.9. The van der Waals surface area contributed by atoms with Crippen molar-refractivity contribution in [1.82, 2.24) is 9.88 Å². The van der Waals surface area contributed by atoms with Crippen molar-refractivity contribution in [2.45, 2.75) is 38.6 Å². The predicted octanol–water partition coefficient (Wildman–Crippen LogP) is 5.57. The minimum Gasteiger partial charge on any atom is -0.468 e. The fourth-order valence-corrected chi connectivity index (χ4v) is 5.11. The van der Waals surface area contributed by atoms with E-state index in [9.17, 15) is 19.5 Å². The van der Waals surface area contributed by atoms with E-state index in [2.05, 4.69) is 9.88 Å². The number of hydrogen-bond acceptors (Lipinski definition) is 7. The molecule has 1 heterocycles. The van der Waals surface area contributed by atoms with Crippen LogP contribution in [0.25, 0.3) is 10.9 Å². The highest BCUT2D eigenvalue weighted by Gasteiger charge is 2.26. The van der Waals surface area contributed by atoms with E-state index >= 15 is 0 Å². The lowest BCUT2D eigenvalue weighted by Crippen LogP contribution is -2.23. The molecule has 0 saturated heterocycles. The summed E-state index contributed by atoms with van der Waals surface area (Å²) in [5.41, 5.74) is 4.63. The first kappa shape index (κ1) is 31.3. The molecule has 1 atom stereocenters. The molecule has 0 fully saturated rings. The quantitative estimate of drug-likeness (QED) is 0.107. The Kier molecular flexibility index (Phi) is 11.3. The SMILES string of the molecule is COC(=O)C(CO)c1[nH]c2ccccc2c1CCN(/C=C(\CCCOC(=O)c1ccccc1)C(C)=O)Cc1ccccc1. The average molecular weight is 583 g/mol. The molecule has 0 aliphatic heterocycles. The van der Waals surface area contributed by atoms with Gasteiger partial charge in [-0.3, -0.25) is 9.59 Å². The number of aliphatic hydroxyl groups is 1. The number of Topliss-reactive ketones (excluding diaryl/α,β-unsaturated/α-hetero) is 1. The minimum atomic E-state index is -0.836. The largest absolute Gasteiger partial charge is 0.468 e. The predicted molar refractivity (Wildman–Crippen MR) is 165 cm³/mol. The number of ketones is 1. The highest BCUT2D eigenvalue weighted by Crippen LogP contribution is 2.29. The molecule has 2 N–H and O–H groups in total. The standard InChI is InChI=1S/C35H38N2O6/c1-25(39)28(16-11-21-43-34(40)27-14-7-4-8-15-27)23-37(22-26-12-5-3-6-13-26)20-19-30-29-17-9-10-18-32(29)36-33(30)31(24-38)35(41)42-2/h3-10,12-15,17-18,23,31,36,38H,11,16,19-22,24H2,1-2H3/b28-23+. The number of allylic oxidation sites excluding steroid dienone is 1. The van der Waals surface area contributed by atoms with Crippen molar-refractivity contribution < 1.29 is 29.0 Å². The molecule has 8 nitrogen and oxygen atoms in total. The molecular formula is C35H38N2O6. The van der Waals surface area contributed by atoms with Crippen LogP contribution >= 0.6 is 0 Å². The van der Waals surface area contributed by atoms with Crippen molar-refractivity contribution in [3.05, 3.63) is 119 Å². The monoisotopic (exact) mass is 582 g/mol. The van der Waals surface area contributed by atoms with E-state index < -0.39 is 11.9 Å². The number of aromatic amines is 1. The van der Waals surface area contributed by atoms with Crippen LogP contribution in [-0.4, -0.2) is 59.6 Å². The number of para-hydroxylation sites is 1. The number of ether oxygens (including phenoxy) is 2. The van der Waals surface area contributed by atoms with E-state index in [1.54, 1.807) is 31.2 Å². The van der Waals surface area contributed by atoms with Crippen molar-refractivity contribution in [2.75, 3.05) is 26.9 Å². The zero-order valence-electron chi connectivity index (χ0n) is 24.6. The normalized spacial score (nSPS) is 12.1. The summed E-state index contributed by atoms with van der Waals surface area (Å²) in [5, 5.41) is 11.0. The summed E-state index contributed by atoms with van der Waals surface area (Å²) >= 11 is 0. The molecule has 0 saturated carbocycles. The van der Waals surface area contributed by atoms with Crippen molar-refractivity contribution in [3.8, 4) is 0 Å². The first-order valence-electron chi connectivity index (χ1n) is 14.4. The van der Waals surface area contributed by atoms with Gasteiger partial charge < -0.3 is 24.5 Å². The molecule has 0 spiro atoms. The number of benzene rings is 3. The van der Waals surface area contributed by atoms with Crippen LogP contribution in [0.15, 0.2) is 96.7 Å². The smallest absolute Gasteiger partial charge is 0.338 e. The van der Waals surface area contributed by atoms with Gasteiger partial charge in [-0.1, -0.05) is 66.7 Å². The molecule has 8 heteroatoms. The molecule has 3 aromatic carbocycles. The topological polar surface area (TPSA) is 109 Å². The Hall–Kier alpha value is -4.69. The summed E-state index contributed by atoms with van der Waals surface area (Å²) in [6.07, 6.45) is 3.41. The molecule has 1 unspecified atom stereocenters. The lowest BCUT2D eigenvalue weighted by molar-refractivity contribution is -0.143. The van der Waals surface area contributed by atoms with Gasteiger partial charge in [-0.2, -0.15) is 0 Å². The Bertz CT molecular complexity index is 1540. The van der Waals surface area contributed by atoms with E-state index in [0.29, 0.717) is 49.2 Å². The van der Waals surface area contributed by atoms with Crippen LogP contribution in [0.4, 0.5) is 0 Å². The molecule has 4 aromatic rings. The fraction of sp³-hybridized carbons (Fsp3) is 0.286. The summed E-state index contributed by atoms with van der Waals surface area (Å²) in [6, 6.07) is 26.6. The highest BCUT2D eigenvalue weighted by molar-refractivity contribution is 5.93. The van der Waals surface area contributed by atoms with Gasteiger partial charge in [0.05, 0.1) is 25.9 Å². The zero-order valence-corrected chi connectivity index (χ0v) is 24.6. The van der Waals surface area contributed by atoms with Gasteiger partial charge >= 0.3 is 11.9 Å². The van der Waals surface area contributed by atoms with E-state index in [1.807, 2.05) is 66.9 Å². The summed E-state index contributed by atoms with van der Waals surface area (Å²) in [6.45, 7) is 2.47. The first-order valence-corrected chi connectivity index (χ1v) is 14.4. The van der Waals surface area contributed by atoms with Crippen molar-refractivity contribution in [2.24, 2.45) is 0 Å². The van der Waals surface area contributed by atoms with Crippen molar-refractivity contribution in [1.29, 1.82) is 0 Å². The van der Waals surface area contributed by atoms with Crippen molar-refractivity contribution in [3.63, 3.8) is 0 Å². The Labute approximate surface area is 251 Å². The molecule has 224 valence electrons. The summed E-state index contributed by atoms with van der Waals surface area (Å²) in [4.78, 5) is 42.9. The Morgan fingerprint density at radius 3 is 2.30 bits per heavy atom. The van der Waals surface area contributed by atoms with E-state index in [4.69, 9.17) is 9.47 Å².